The van der Waals surface area contributed by atoms with Crippen molar-refractivity contribution in [3.8, 4) is 27.9 Å². The number of benzene rings is 9. The summed E-state index contributed by atoms with van der Waals surface area (Å²) in [4.78, 5) is 2.47. The van der Waals surface area contributed by atoms with Crippen molar-refractivity contribution in [1.29, 1.82) is 0 Å². The fraction of sp³-hybridized carbons (Fsp3) is 0. The molecule has 258 valence electrons. The van der Waals surface area contributed by atoms with E-state index in [0.717, 1.165) is 22.7 Å². The molecule has 2 aromatic heterocycles. The molecular formula is C52H34N2S. The van der Waals surface area contributed by atoms with Crippen molar-refractivity contribution in [2.24, 2.45) is 0 Å². The maximum absolute atomic E-state index is 2.47. The van der Waals surface area contributed by atoms with Crippen LogP contribution in [0, 0.1) is 0 Å². The minimum Gasteiger partial charge on any atom is -0.310 e. The Kier molecular flexibility index (Phi) is 7.39. The Hall–Kier alpha value is -6.94. The Morgan fingerprint density at radius 3 is 1.85 bits per heavy atom. The first kappa shape index (κ1) is 31.6. The van der Waals surface area contributed by atoms with E-state index in [1.807, 2.05) is 11.3 Å². The monoisotopic (exact) mass is 718 g/mol. The number of aromatic nitrogens is 1. The van der Waals surface area contributed by atoms with E-state index in [1.54, 1.807) is 0 Å². The number of nitrogens with zero attached hydrogens (tertiary/aromatic N) is 2. The summed E-state index contributed by atoms with van der Waals surface area (Å²) >= 11 is 1.87. The average molecular weight is 719 g/mol. The van der Waals surface area contributed by atoms with Gasteiger partial charge in [0.1, 0.15) is 0 Å². The molecule has 11 rings (SSSR count). The lowest BCUT2D eigenvalue weighted by atomic mass is 9.94. The van der Waals surface area contributed by atoms with Crippen LogP contribution in [0.1, 0.15) is 0 Å². The average Bonchev–Trinajstić information content (AvgIpc) is 3.80. The molecule has 0 saturated heterocycles. The molecular weight excluding hydrogens is 685 g/mol. The fourth-order valence-electron chi connectivity index (χ4n) is 8.44. The first-order valence-corrected chi connectivity index (χ1v) is 19.6. The second-order valence-corrected chi connectivity index (χ2v) is 15.2. The third-order valence-corrected chi connectivity index (χ3v) is 12.1. The maximum atomic E-state index is 2.47. The lowest BCUT2D eigenvalue weighted by Crippen LogP contribution is -2.11. The summed E-state index contributed by atoms with van der Waals surface area (Å²) in [6.45, 7) is 0. The molecule has 55 heavy (non-hydrogen) atoms. The number of rotatable bonds is 6. The van der Waals surface area contributed by atoms with E-state index in [-0.39, 0.29) is 0 Å². The number of hydrogen-bond donors (Lipinski definition) is 0. The highest BCUT2D eigenvalue weighted by molar-refractivity contribution is 7.26. The van der Waals surface area contributed by atoms with Gasteiger partial charge in [-0.2, -0.15) is 0 Å². The molecule has 0 unspecified atom stereocenters. The summed E-state index contributed by atoms with van der Waals surface area (Å²) in [7, 11) is 0. The van der Waals surface area contributed by atoms with Gasteiger partial charge in [-0.3, -0.25) is 0 Å². The highest BCUT2D eigenvalue weighted by Crippen LogP contribution is 2.49. The van der Waals surface area contributed by atoms with Gasteiger partial charge in [-0.15, -0.1) is 11.3 Å². The van der Waals surface area contributed by atoms with Gasteiger partial charge in [0.25, 0.3) is 0 Å². The lowest BCUT2D eigenvalue weighted by Gasteiger charge is -2.29. The Balaban J connectivity index is 1.22. The zero-order chi connectivity index (χ0) is 36.3. The second kappa shape index (κ2) is 12.9. The van der Waals surface area contributed by atoms with Crippen LogP contribution < -0.4 is 4.90 Å². The fourth-order valence-corrected chi connectivity index (χ4v) is 9.56. The first-order chi connectivity index (χ1) is 27.3. The van der Waals surface area contributed by atoms with Crippen molar-refractivity contribution < 1.29 is 0 Å². The first-order valence-electron chi connectivity index (χ1n) is 18.8. The summed E-state index contributed by atoms with van der Waals surface area (Å²) in [5.74, 6) is 0. The molecule has 0 N–H and O–H groups in total. The Bertz CT molecular complexity index is 3190. The Labute approximate surface area is 323 Å². The van der Waals surface area contributed by atoms with Gasteiger partial charge in [0.15, 0.2) is 0 Å². The Morgan fingerprint density at radius 1 is 0.382 bits per heavy atom. The van der Waals surface area contributed by atoms with Gasteiger partial charge in [0.2, 0.25) is 0 Å². The summed E-state index contributed by atoms with van der Waals surface area (Å²) in [6, 6.07) is 75.3. The van der Waals surface area contributed by atoms with Crippen molar-refractivity contribution >= 4 is 81.1 Å². The van der Waals surface area contributed by atoms with E-state index in [2.05, 4.69) is 216 Å². The molecule has 0 atom stereocenters. The van der Waals surface area contributed by atoms with E-state index in [4.69, 9.17) is 0 Å². The summed E-state index contributed by atoms with van der Waals surface area (Å²) < 4.78 is 4.99. The molecule has 0 saturated carbocycles. The van der Waals surface area contributed by atoms with Crippen molar-refractivity contribution in [2.45, 2.75) is 0 Å². The summed E-state index contributed by atoms with van der Waals surface area (Å²) in [6.07, 6.45) is 0. The zero-order valence-corrected chi connectivity index (χ0v) is 30.7. The van der Waals surface area contributed by atoms with Crippen LogP contribution in [0.4, 0.5) is 17.1 Å². The molecule has 0 aliphatic rings. The molecule has 0 bridgehead atoms. The van der Waals surface area contributed by atoms with Gasteiger partial charge < -0.3 is 9.47 Å². The minimum atomic E-state index is 1.10. The van der Waals surface area contributed by atoms with Crippen LogP contribution in [0.25, 0.3) is 80.7 Å². The third-order valence-electron chi connectivity index (χ3n) is 11.0. The number of para-hydroxylation sites is 2. The van der Waals surface area contributed by atoms with E-state index in [0.29, 0.717) is 0 Å². The quantitative estimate of drug-likeness (QED) is 0.166. The minimum absolute atomic E-state index is 1.10. The van der Waals surface area contributed by atoms with Crippen LogP contribution in [-0.4, -0.2) is 4.57 Å². The van der Waals surface area contributed by atoms with Gasteiger partial charge in [-0.05, 0) is 94.2 Å². The van der Waals surface area contributed by atoms with Crippen molar-refractivity contribution in [3.05, 3.63) is 206 Å². The van der Waals surface area contributed by atoms with Crippen molar-refractivity contribution in [1.82, 2.24) is 4.57 Å². The normalized spacial score (nSPS) is 11.6. The molecule has 0 radical (unpaired) electrons. The smallest absolute Gasteiger partial charge is 0.0561 e. The number of anilines is 3. The van der Waals surface area contributed by atoms with Crippen LogP contribution >= 0.6 is 11.3 Å². The molecule has 2 heterocycles. The van der Waals surface area contributed by atoms with Gasteiger partial charge in [0, 0.05) is 53.6 Å². The largest absolute Gasteiger partial charge is 0.310 e. The standard InChI is InChI=1S/C52H34N2S/c1-3-13-35(14-4-1)37-25-27-41(28-26-37)53(42-29-30-44-43-19-9-11-21-46(43)54(48(44)34-42)40-17-5-2-6-18-40)47-31-32-50-52(45-20-10-12-22-49(45)55-50)51(47)39-24-23-36-15-7-8-16-38(36)33-39/h1-34H. The van der Waals surface area contributed by atoms with E-state index >= 15 is 0 Å². The highest BCUT2D eigenvalue weighted by atomic mass is 32.1. The molecule has 2 nitrogen and oxygen atoms in total. The van der Waals surface area contributed by atoms with Crippen LogP contribution in [0.2, 0.25) is 0 Å². The predicted octanol–water partition coefficient (Wildman–Crippen LogP) is 15.1. The number of fused-ring (bicyclic) bond motifs is 7. The van der Waals surface area contributed by atoms with Crippen molar-refractivity contribution in [2.75, 3.05) is 4.90 Å². The predicted molar refractivity (Wildman–Crippen MR) is 237 cm³/mol. The molecule has 0 aliphatic carbocycles. The van der Waals surface area contributed by atoms with Crippen LogP contribution in [0.15, 0.2) is 206 Å². The van der Waals surface area contributed by atoms with Crippen LogP contribution in [-0.2, 0) is 0 Å². The second-order valence-electron chi connectivity index (χ2n) is 14.1. The van der Waals surface area contributed by atoms with E-state index in [1.165, 1.54) is 75.0 Å². The van der Waals surface area contributed by atoms with Gasteiger partial charge in [-0.1, -0.05) is 140 Å². The molecule has 3 heteroatoms. The molecule has 0 aliphatic heterocycles. The lowest BCUT2D eigenvalue weighted by molar-refractivity contribution is 1.18. The summed E-state index contributed by atoms with van der Waals surface area (Å²) in [5.41, 5.74) is 11.7. The van der Waals surface area contributed by atoms with Crippen LogP contribution in [0.5, 0.6) is 0 Å². The van der Waals surface area contributed by atoms with Crippen LogP contribution in [0.3, 0.4) is 0 Å². The highest BCUT2D eigenvalue weighted by Gasteiger charge is 2.23. The maximum Gasteiger partial charge on any atom is 0.0561 e. The zero-order valence-electron chi connectivity index (χ0n) is 29.9. The topological polar surface area (TPSA) is 8.17 Å². The Morgan fingerprint density at radius 2 is 1.02 bits per heavy atom. The molecule has 9 aromatic carbocycles. The van der Waals surface area contributed by atoms with Gasteiger partial charge in [-0.25, -0.2) is 0 Å². The van der Waals surface area contributed by atoms with E-state index in [9.17, 15) is 0 Å². The number of thiophene rings is 1. The van der Waals surface area contributed by atoms with Gasteiger partial charge >= 0.3 is 0 Å². The van der Waals surface area contributed by atoms with Crippen molar-refractivity contribution in [3.63, 3.8) is 0 Å². The molecule has 0 fully saturated rings. The molecule has 11 aromatic rings. The number of hydrogen-bond acceptors (Lipinski definition) is 2. The summed E-state index contributed by atoms with van der Waals surface area (Å²) in [5, 5.41) is 7.52. The molecule has 0 amide bonds. The van der Waals surface area contributed by atoms with Gasteiger partial charge in [0.05, 0.1) is 16.7 Å². The molecule has 0 spiro atoms. The SMILES string of the molecule is c1ccc(-c2ccc(N(c3ccc4c5ccccc5n(-c5ccccc5)c4c3)c3ccc4sc5ccccc5c4c3-c3ccc4ccccc4c3)cc2)cc1. The van der Waals surface area contributed by atoms with E-state index < -0.39 is 0 Å². The third kappa shape index (κ3) is 5.24.